The lowest BCUT2D eigenvalue weighted by Gasteiger charge is -2.29. The van der Waals surface area contributed by atoms with Gasteiger partial charge in [0.25, 0.3) is 5.91 Å². The SMILES string of the molecule is COc1ccc(CCCCOc2ccc(NC(=O)[C@](C)(CO)NC(=O)OC(C)(C)C)cc2)cc1. The van der Waals surface area contributed by atoms with Crippen molar-refractivity contribution < 1.29 is 28.9 Å². The topological polar surface area (TPSA) is 106 Å². The van der Waals surface area contributed by atoms with E-state index in [4.69, 9.17) is 14.2 Å². The van der Waals surface area contributed by atoms with Crippen LogP contribution < -0.4 is 20.1 Å². The van der Waals surface area contributed by atoms with E-state index in [1.165, 1.54) is 12.5 Å². The fraction of sp³-hybridized carbons (Fsp3) is 0.462. The van der Waals surface area contributed by atoms with Crippen LogP contribution in [0, 0.1) is 0 Å². The highest BCUT2D eigenvalue weighted by molar-refractivity contribution is 5.99. The molecule has 2 rings (SSSR count). The molecular weight excluding hydrogens is 436 g/mol. The molecule has 0 spiro atoms. The van der Waals surface area contributed by atoms with E-state index in [2.05, 4.69) is 22.8 Å². The molecule has 0 aliphatic carbocycles. The number of aliphatic hydroxyl groups is 1. The third-order valence-electron chi connectivity index (χ3n) is 4.99. The molecule has 1 atom stereocenters. The minimum Gasteiger partial charge on any atom is -0.497 e. The normalized spacial score (nSPS) is 12.9. The first kappa shape index (κ1) is 27.0. The Labute approximate surface area is 201 Å². The zero-order valence-electron chi connectivity index (χ0n) is 20.6. The second-order valence-electron chi connectivity index (χ2n) is 9.25. The molecule has 0 aliphatic rings. The molecule has 0 radical (unpaired) electrons. The Balaban J connectivity index is 1.78. The Morgan fingerprint density at radius 2 is 1.53 bits per heavy atom. The molecule has 2 amide bonds. The summed E-state index contributed by atoms with van der Waals surface area (Å²) in [6, 6.07) is 15.0. The summed E-state index contributed by atoms with van der Waals surface area (Å²) in [5, 5.41) is 14.8. The minimum absolute atomic E-state index is 0.516. The van der Waals surface area contributed by atoms with Crippen molar-refractivity contribution in [3.63, 3.8) is 0 Å². The Morgan fingerprint density at radius 3 is 2.09 bits per heavy atom. The fourth-order valence-corrected chi connectivity index (χ4v) is 3.01. The Bertz CT molecular complexity index is 922. The molecule has 2 aromatic carbocycles. The van der Waals surface area contributed by atoms with Crippen LogP contribution in [0.15, 0.2) is 48.5 Å². The Hall–Kier alpha value is -3.26. The first-order valence-corrected chi connectivity index (χ1v) is 11.3. The number of rotatable bonds is 11. The van der Waals surface area contributed by atoms with Crippen LogP contribution in [-0.4, -0.2) is 48.6 Å². The zero-order valence-corrected chi connectivity index (χ0v) is 20.6. The molecule has 2 aromatic rings. The molecule has 0 unspecified atom stereocenters. The van der Waals surface area contributed by atoms with Crippen LogP contribution in [0.1, 0.15) is 46.1 Å². The second kappa shape index (κ2) is 12.3. The van der Waals surface area contributed by atoms with Crippen LogP contribution in [-0.2, 0) is 16.0 Å². The van der Waals surface area contributed by atoms with Gasteiger partial charge in [-0.3, -0.25) is 4.79 Å². The van der Waals surface area contributed by atoms with Gasteiger partial charge < -0.3 is 30.0 Å². The van der Waals surface area contributed by atoms with E-state index in [1.54, 1.807) is 52.1 Å². The van der Waals surface area contributed by atoms with E-state index >= 15 is 0 Å². The number of carbonyl (C=O) groups is 2. The van der Waals surface area contributed by atoms with Gasteiger partial charge in [0.15, 0.2) is 0 Å². The van der Waals surface area contributed by atoms with Gasteiger partial charge in [0.2, 0.25) is 0 Å². The first-order chi connectivity index (χ1) is 16.0. The van der Waals surface area contributed by atoms with Crippen molar-refractivity contribution in [2.45, 2.75) is 58.1 Å². The van der Waals surface area contributed by atoms with Crippen molar-refractivity contribution in [1.29, 1.82) is 0 Å². The number of ether oxygens (including phenoxy) is 3. The van der Waals surface area contributed by atoms with Gasteiger partial charge in [0, 0.05) is 5.69 Å². The quantitative estimate of drug-likeness (QED) is 0.421. The summed E-state index contributed by atoms with van der Waals surface area (Å²) in [6.45, 7) is 6.57. The lowest BCUT2D eigenvalue weighted by Crippen LogP contribution is -2.58. The number of hydrogen-bond donors (Lipinski definition) is 3. The molecule has 8 nitrogen and oxygen atoms in total. The van der Waals surface area contributed by atoms with Crippen molar-refractivity contribution in [3.8, 4) is 11.5 Å². The van der Waals surface area contributed by atoms with Gasteiger partial charge in [-0.25, -0.2) is 4.79 Å². The molecule has 0 saturated carbocycles. The van der Waals surface area contributed by atoms with Gasteiger partial charge in [-0.05, 0) is 88.9 Å². The summed E-state index contributed by atoms with van der Waals surface area (Å²) in [5.74, 6) is 0.985. The predicted octanol–water partition coefficient (Wildman–Crippen LogP) is 4.31. The second-order valence-corrected chi connectivity index (χ2v) is 9.25. The molecule has 34 heavy (non-hydrogen) atoms. The summed E-state index contributed by atoms with van der Waals surface area (Å²) < 4.78 is 16.1. The number of alkyl carbamates (subject to hydrolysis) is 1. The highest BCUT2D eigenvalue weighted by Gasteiger charge is 2.36. The zero-order chi connectivity index (χ0) is 25.2. The standard InChI is InChI=1S/C26H36N2O6/c1-25(2,3)34-24(31)28-26(4,18-29)23(30)27-20-11-15-22(16-12-20)33-17-7-6-8-19-9-13-21(32-5)14-10-19/h9-16,29H,6-8,17-18H2,1-5H3,(H,27,30)(H,28,31)/t26-/m0/s1. The van der Waals surface area contributed by atoms with E-state index in [-0.39, 0.29) is 0 Å². The summed E-state index contributed by atoms with van der Waals surface area (Å²) in [4.78, 5) is 24.7. The lowest BCUT2D eigenvalue weighted by atomic mass is 10.0. The van der Waals surface area contributed by atoms with E-state index in [1.807, 2.05) is 12.1 Å². The number of hydrogen-bond acceptors (Lipinski definition) is 6. The van der Waals surface area contributed by atoms with Gasteiger partial charge in [0.1, 0.15) is 22.6 Å². The first-order valence-electron chi connectivity index (χ1n) is 11.3. The molecule has 0 saturated heterocycles. The molecule has 0 heterocycles. The molecule has 186 valence electrons. The van der Waals surface area contributed by atoms with E-state index in [0.29, 0.717) is 18.0 Å². The van der Waals surface area contributed by atoms with Gasteiger partial charge >= 0.3 is 6.09 Å². The van der Waals surface area contributed by atoms with Crippen molar-refractivity contribution >= 4 is 17.7 Å². The number of benzene rings is 2. The molecule has 3 N–H and O–H groups in total. The molecule has 0 aromatic heterocycles. The summed E-state index contributed by atoms with van der Waals surface area (Å²) in [6.07, 6.45) is 2.11. The maximum absolute atomic E-state index is 12.7. The summed E-state index contributed by atoms with van der Waals surface area (Å²) >= 11 is 0. The average Bonchev–Trinajstić information content (AvgIpc) is 2.79. The van der Waals surface area contributed by atoms with Gasteiger partial charge in [-0.2, -0.15) is 0 Å². The monoisotopic (exact) mass is 472 g/mol. The number of carbonyl (C=O) groups excluding carboxylic acids is 2. The number of aryl methyl sites for hydroxylation is 1. The van der Waals surface area contributed by atoms with E-state index in [0.717, 1.165) is 25.0 Å². The van der Waals surface area contributed by atoms with Crippen molar-refractivity contribution in [3.05, 3.63) is 54.1 Å². The molecule has 0 aliphatic heterocycles. The van der Waals surface area contributed by atoms with Crippen LogP contribution in [0.25, 0.3) is 0 Å². The maximum atomic E-state index is 12.7. The summed E-state index contributed by atoms with van der Waals surface area (Å²) in [5.41, 5.74) is -0.483. The van der Waals surface area contributed by atoms with Crippen LogP contribution in [0.3, 0.4) is 0 Å². The highest BCUT2D eigenvalue weighted by atomic mass is 16.6. The van der Waals surface area contributed by atoms with Crippen LogP contribution in [0.5, 0.6) is 11.5 Å². The largest absolute Gasteiger partial charge is 0.497 e. The third kappa shape index (κ3) is 8.94. The van der Waals surface area contributed by atoms with Crippen molar-refractivity contribution in [1.82, 2.24) is 5.32 Å². The number of aliphatic hydroxyl groups excluding tert-OH is 1. The minimum atomic E-state index is -1.54. The Morgan fingerprint density at radius 1 is 0.912 bits per heavy atom. The predicted molar refractivity (Wildman–Crippen MR) is 131 cm³/mol. The van der Waals surface area contributed by atoms with Gasteiger partial charge in [-0.1, -0.05) is 12.1 Å². The molecule has 0 fully saturated rings. The lowest BCUT2D eigenvalue weighted by molar-refractivity contribution is -0.123. The van der Waals surface area contributed by atoms with Crippen LogP contribution in [0.2, 0.25) is 0 Å². The number of unbranched alkanes of at least 4 members (excludes halogenated alkanes) is 1. The number of methoxy groups -OCH3 is 1. The maximum Gasteiger partial charge on any atom is 0.408 e. The van der Waals surface area contributed by atoms with Gasteiger partial charge in [-0.15, -0.1) is 0 Å². The van der Waals surface area contributed by atoms with Crippen LogP contribution >= 0.6 is 0 Å². The highest BCUT2D eigenvalue weighted by Crippen LogP contribution is 2.19. The Kier molecular flexibility index (Phi) is 9.74. The molecule has 8 heteroatoms. The van der Waals surface area contributed by atoms with Crippen molar-refractivity contribution in [2.75, 3.05) is 25.6 Å². The molecular formula is C26H36N2O6. The third-order valence-corrected chi connectivity index (χ3v) is 4.99. The molecule has 0 bridgehead atoms. The average molecular weight is 473 g/mol. The smallest absolute Gasteiger partial charge is 0.408 e. The van der Waals surface area contributed by atoms with E-state index < -0.39 is 29.7 Å². The van der Waals surface area contributed by atoms with Crippen LogP contribution in [0.4, 0.5) is 10.5 Å². The fourth-order valence-electron chi connectivity index (χ4n) is 3.01. The van der Waals surface area contributed by atoms with Crippen molar-refractivity contribution in [2.24, 2.45) is 0 Å². The van der Waals surface area contributed by atoms with E-state index in [9.17, 15) is 14.7 Å². The number of anilines is 1. The summed E-state index contributed by atoms with van der Waals surface area (Å²) in [7, 11) is 1.66. The number of nitrogens with one attached hydrogen (secondary N) is 2. The number of amides is 2. The van der Waals surface area contributed by atoms with Gasteiger partial charge in [0.05, 0.1) is 20.3 Å².